The number of rotatable bonds is 4. The molecule has 21 heavy (non-hydrogen) atoms. The van der Waals surface area contributed by atoms with E-state index in [1.807, 2.05) is 6.92 Å². The lowest BCUT2D eigenvalue weighted by molar-refractivity contribution is -0.741. The Morgan fingerprint density at radius 3 is 2.57 bits per heavy atom. The third-order valence-electron chi connectivity index (χ3n) is 2.64. The van der Waals surface area contributed by atoms with Gasteiger partial charge in [0.05, 0.1) is 5.56 Å². The van der Waals surface area contributed by atoms with E-state index < -0.39 is 0 Å². The van der Waals surface area contributed by atoms with Gasteiger partial charge in [0.25, 0.3) is 5.01 Å². The topological polar surface area (TPSA) is 77.5 Å². The van der Waals surface area contributed by atoms with Gasteiger partial charge in [0, 0.05) is 11.2 Å². The highest BCUT2D eigenvalue weighted by atomic mass is 79.9. The number of phenolic OH excluding ortho intramolecular Hbond substituents is 3. The normalized spacial score (nSPS) is 10.5. The number of nitrogens with zero attached hydrogens (tertiary/aromatic N) is 2. The highest BCUT2D eigenvalue weighted by Crippen LogP contribution is 2.36. The van der Waals surface area contributed by atoms with Crippen molar-refractivity contribution in [3.63, 3.8) is 0 Å². The van der Waals surface area contributed by atoms with Crippen LogP contribution in [0.5, 0.6) is 17.2 Å². The average Bonchev–Trinajstić information content (AvgIpc) is 2.75. The van der Waals surface area contributed by atoms with Crippen LogP contribution in [0.3, 0.4) is 0 Å². The lowest BCUT2D eigenvalue weighted by atomic mass is 10.1. The van der Waals surface area contributed by atoms with Crippen LogP contribution in [-0.2, 0) is 6.54 Å². The molecule has 1 aromatic heterocycles. The van der Waals surface area contributed by atoms with Crippen molar-refractivity contribution in [1.29, 1.82) is 0 Å². The molecule has 0 fully saturated rings. The van der Waals surface area contributed by atoms with E-state index in [4.69, 9.17) is 0 Å². The number of aromatic hydroxyl groups is 3. The Morgan fingerprint density at radius 2 is 1.90 bits per heavy atom. The summed E-state index contributed by atoms with van der Waals surface area (Å²) in [6.07, 6.45) is 5.00. The van der Waals surface area contributed by atoms with Crippen molar-refractivity contribution in [2.24, 2.45) is 0 Å². The summed E-state index contributed by atoms with van der Waals surface area (Å²) >= 11 is 1.48. The minimum absolute atomic E-state index is 0. The van der Waals surface area contributed by atoms with Gasteiger partial charge in [0.2, 0.25) is 0 Å². The van der Waals surface area contributed by atoms with E-state index in [-0.39, 0.29) is 39.8 Å². The number of aryl methyl sites for hydroxylation is 1. The number of allylic oxidation sites excluding steroid dienone is 1. The van der Waals surface area contributed by atoms with Crippen molar-refractivity contribution in [3.05, 3.63) is 40.4 Å². The van der Waals surface area contributed by atoms with E-state index in [9.17, 15) is 15.3 Å². The minimum Gasteiger partial charge on any atom is -1.00 e. The van der Waals surface area contributed by atoms with Gasteiger partial charge in [-0.05, 0) is 42.5 Å². The van der Waals surface area contributed by atoms with Crippen LogP contribution in [0.2, 0.25) is 0 Å². The average molecular weight is 371 g/mol. The first-order chi connectivity index (χ1) is 9.52. The van der Waals surface area contributed by atoms with Crippen molar-refractivity contribution in [1.82, 2.24) is 5.10 Å². The SMILES string of the molecule is C=CC[n+]1nc(C)sc1/C=C/c1c(O)ccc(O)c1O.[Br-]. The van der Waals surface area contributed by atoms with Crippen molar-refractivity contribution in [3.8, 4) is 17.2 Å². The number of hydrogen-bond donors (Lipinski definition) is 3. The second kappa shape index (κ2) is 7.24. The first kappa shape index (κ1) is 17.2. The second-order valence-corrected chi connectivity index (χ2v) is 5.34. The summed E-state index contributed by atoms with van der Waals surface area (Å²) in [6, 6.07) is 2.56. The van der Waals surface area contributed by atoms with E-state index in [1.54, 1.807) is 16.8 Å². The van der Waals surface area contributed by atoms with Crippen molar-refractivity contribution in [2.75, 3.05) is 0 Å². The highest BCUT2D eigenvalue weighted by Gasteiger charge is 2.15. The lowest BCUT2D eigenvalue weighted by Crippen LogP contribution is -3.00. The van der Waals surface area contributed by atoms with Gasteiger partial charge in [-0.15, -0.1) is 0 Å². The summed E-state index contributed by atoms with van der Waals surface area (Å²) in [5.41, 5.74) is 0.168. The summed E-state index contributed by atoms with van der Waals surface area (Å²) < 4.78 is 1.76. The molecule has 0 bridgehead atoms. The molecule has 2 rings (SSSR count). The molecule has 0 aliphatic heterocycles. The van der Waals surface area contributed by atoms with Crippen LogP contribution in [0.4, 0.5) is 0 Å². The zero-order valence-electron chi connectivity index (χ0n) is 11.3. The third kappa shape index (κ3) is 3.83. The van der Waals surface area contributed by atoms with Gasteiger partial charge in [0.15, 0.2) is 23.1 Å². The molecule has 0 aliphatic carbocycles. The van der Waals surface area contributed by atoms with E-state index in [2.05, 4.69) is 11.7 Å². The number of hydrogen-bond acceptors (Lipinski definition) is 5. The van der Waals surface area contributed by atoms with Crippen LogP contribution in [0.1, 0.15) is 15.6 Å². The van der Waals surface area contributed by atoms with E-state index in [0.29, 0.717) is 6.54 Å². The van der Waals surface area contributed by atoms with Crippen LogP contribution in [-0.4, -0.2) is 20.4 Å². The molecule has 0 unspecified atom stereocenters. The molecule has 0 spiro atoms. The fraction of sp³-hybridized carbons (Fsp3) is 0.143. The molecule has 112 valence electrons. The van der Waals surface area contributed by atoms with Gasteiger partial charge in [-0.1, -0.05) is 11.3 Å². The molecule has 0 atom stereocenters. The van der Waals surface area contributed by atoms with Gasteiger partial charge in [0.1, 0.15) is 5.75 Å². The molecule has 0 aliphatic rings. The van der Waals surface area contributed by atoms with Crippen LogP contribution >= 0.6 is 11.3 Å². The van der Waals surface area contributed by atoms with Crippen LogP contribution in [0.25, 0.3) is 12.2 Å². The molecule has 0 radical (unpaired) electrons. The Bertz CT molecular complexity index is 683. The van der Waals surface area contributed by atoms with Crippen LogP contribution in [0, 0.1) is 6.92 Å². The number of halogens is 1. The summed E-state index contributed by atoms with van der Waals surface area (Å²) in [4.78, 5) is 0. The summed E-state index contributed by atoms with van der Waals surface area (Å²) in [6.45, 7) is 6.14. The maximum atomic E-state index is 9.74. The Labute approximate surface area is 136 Å². The summed E-state index contributed by atoms with van der Waals surface area (Å²) in [7, 11) is 0. The molecule has 2 aromatic rings. The first-order valence-corrected chi connectivity index (χ1v) is 6.75. The first-order valence-electron chi connectivity index (χ1n) is 5.93. The number of aromatic nitrogens is 2. The maximum absolute atomic E-state index is 9.74. The molecule has 1 aromatic carbocycles. The van der Waals surface area contributed by atoms with E-state index >= 15 is 0 Å². The number of benzene rings is 1. The van der Waals surface area contributed by atoms with E-state index in [0.717, 1.165) is 10.0 Å². The van der Waals surface area contributed by atoms with Gasteiger partial charge >= 0.3 is 0 Å². The van der Waals surface area contributed by atoms with Crippen molar-refractivity contribution < 1.29 is 37.0 Å². The van der Waals surface area contributed by atoms with Crippen molar-refractivity contribution >= 4 is 23.5 Å². The Morgan fingerprint density at radius 1 is 1.24 bits per heavy atom. The standard InChI is InChI=1S/C14H14N2O3S.BrH/c1-3-8-16-13(20-9(2)15-16)7-4-10-11(17)5-6-12(18)14(10)19;/h3-7H,1,8H2,2H3,(H2,17,18,19);1H. The van der Waals surface area contributed by atoms with Gasteiger partial charge < -0.3 is 32.3 Å². The number of phenols is 3. The summed E-state index contributed by atoms with van der Waals surface area (Å²) in [5.74, 6) is -0.729. The highest BCUT2D eigenvalue weighted by molar-refractivity contribution is 7.11. The monoisotopic (exact) mass is 370 g/mol. The molecule has 0 saturated heterocycles. The Balaban J connectivity index is 0.00000220. The van der Waals surface area contributed by atoms with Crippen LogP contribution < -0.4 is 21.7 Å². The molecule has 0 saturated carbocycles. The fourth-order valence-corrected chi connectivity index (χ4v) is 2.52. The quantitative estimate of drug-likeness (QED) is 0.285. The van der Waals surface area contributed by atoms with E-state index in [1.165, 1.54) is 29.5 Å². The largest absolute Gasteiger partial charge is 1.00 e. The Hall–Kier alpha value is -1.86. The molecule has 7 heteroatoms. The molecular formula is C14H15BrN2O3S. The van der Waals surface area contributed by atoms with Gasteiger partial charge in [-0.25, -0.2) is 0 Å². The Kier molecular flexibility index (Phi) is 5.92. The van der Waals surface area contributed by atoms with Crippen LogP contribution in [0.15, 0.2) is 24.8 Å². The molecule has 1 heterocycles. The molecular weight excluding hydrogens is 356 g/mol. The van der Waals surface area contributed by atoms with Gasteiger partial charge in [-0.3, -0.25) is 0 Å². The fourth-order valence-electron chi connectivity index (χ4n) is 1.72. The summed E-state index contributed by atoms with van der Waals surface area (Å²) in [5, 5.41) is 35.0. The maximum Gasteiger partial charge on any atom is 0.289 e. The molecule has 5 nitrogen and oxygen atoms in total. The predicted octanol–water partition coefficient (Wildman–Crippen LogP) is -0.784. The third-order valence-corrected chi connectivity index (χ3v) is 3.57. The second-order valence-electron chi connectivity index (χ2n) is 4.13. The predicted molar refractivity (Wildman–Crippen MR) is 77.6 cm³/mol. The smallest absolute Gasteiger partial charge is 0.289 e. The zero-order valence-corrected chi connectivity index (χ0v) is 13.7. The van der Waals surface area contributed by atoms with Crippen molar-refractivity contribution in [2.45, 2.75) is 13.5 Å². The minimum atomic E-state index is -0.349. The lowest BCUT2D eigenvalue weighted by Gasteiger charge is -2.03. The molecule has 0 amide bonds. The molecule has 3 N–H and O–H groups in total. The van der Waals surface area contributed by atoms with Gasteiger partial charge in [-0.2, -0.15) is 0 Å². The zero-order chi connectivity index (χ0) is 14.7.